The van der Waals surface area contributed by atoms with Crippen LogP contribution in [0.4, 0.5) is 0 Å². The zero-order chi connectivity index (χ0) is 17.7. The molecule has 0 spiro atoms. The zero-order valence-electron chi connectivity index (χ0n) is 14.3. The summed E-state index contributed by atoms with van der Waals surface area (Å²) in [7, 11) is 1.68. The molecule has 1 atom stereocenters. The molecule has 0 saturated heterocycles. The lowest BCUT2D eigenvalue weighted by Crippen LogP contribution is -2.30. The standard InChI is InChI=1S/C20H23NO3/c1-14-8-10-16(11-9-14)19(23)17-6-4-5-7-18(17)20(24)21(3)13-12-15(2)22/h4-11,15,22H,12-13H2,1-3H3. The second-order valence-electron chi connectivity index (χ2n) is 6.11. The molecule has 126 valence electrons. The van der Waals surface area contributed by atoms with Crippen LogP contribution in [0, 0.1) is 6.92 Å². The molecule has 4 nitrogen and oxygen atoms in total. The lowest BCUT2D eigenvalue weighted by molar-refractivity contribution is 0.0764. The molecule has 1 unspecified atom stereocenters. The smallest absolute Gasteiger partial charge is 0.254 e. The number of benzene rings is 2. The van der Waals surface area contributed by atoms with Crippen LogP contribution in [-0.4, -0.2) is 41.4 Å². The molecule has 1 amide bonds. The number of carbonyl (C=O) groups is 2. The molecule has 0 aromatic heterocycles. The second-order valence-corrected chi connectivity index (χ2v) is 6.11. The molecule has 0 aliphatic heterocycles. The molecule has 0 aliphatic rings. The van der Waals surface area contributed by atoms with Gasteiger partial charge in [0.25, 0.3) is 5.91 Å². The van der Waals surface area contributed by atoms with Gasteiger partial charge in [-0.2, -0.15) is 0 Å². The third-order valence-electron chi connectivity index (χ3n) is 3.94. The number of rotatable bonds is 6. The van der Waals surface area contributed by atoms with Crippen molar-refractivity contribution in [3.05, 3.63) is 70.8 Å². The Hall–Kier alpha value is -2.46. The molecule has 0 fully saturated rings. The number of nitrogens with zero attached hydrogens (tertiary/aromatic N) is 1. The topological polar surface area (TPSA) is 57.6 Å². The minimum Gasteiger partial charge on any atom is -0.393 e. The molecule has 0 bridgehead atoms. The summed E-state index contributed by atoms with van der Waals surface area (Å²) >= 11 is 0. The Morgan fingerprint density at radius 2 is 1.62 bits per heavy atom. The molecule has 0 heterocycles. The molecule has 4 heteroatoms. The van der Waals surface area contributed by atoms with E-state index in [0.29, 0.717) is 29.7 Å². The van der Waals surface area contributed by atoms with Gasteiger partial charge in [-0.3, -0.25) is 9.59 Å². The average molecular weight is 325 g/mol. The van der Waals surface area contributed by atoms with Crippen LogP contribution < -0.4 is 0 Å². The van der Waals surface area contributed by atoms with Gasteiger partial charge in [0.15, 0.2) is 5.78 Å². The lowest BCUT2D eigenvalue weighted by atomic mass is 9.97. The second kappa shape index (κ2) is 7.88. The van der Waals surface area contributed by atoms with E-state index in [1.165, 1.54) is 4.90 Å². The van der Waals surface area contributed by atoms with Crippen molar-refractivity contribution in [3.8, 4) is 0 Å². The Balaban J connectivity index is 2.28. The molecule has 2 aromatic rings. The fraction of sp³-hybridized carbons (Fsp3) is 0.300. The highest BCUT2D eigenvalue weighted by atomic mass is 16.3. The molecular weight excluding hydrogens is 302 g/mol. The molecule has 0 saturated carbocycles. The fourth-order valence-corrected chi connectivity index (χ4v) is 2.42. The van der Waals surface area contributed by atoms with Gasteiger partial charge in [0, 0.05) is 24.7 Å². The van der Waals surface area contributed by atoms with E-state index in [-0.39, 0.29) is 11.7 Å². The first-order valence-electron chi connectivity index (χ1n) is 8.04. The predicted molar refractivity (Wildman–Crippen MR) is 94.3 cm³/mol. The van der Waals surface area contributed by atoms with Gasteiger partial charge in [-0.15, -0.1) is 0 Å². The average Bonchev–Trinajstić information content (AvgIpc) is 2.59. The van der Waals surface area contributed by atoms with E-state index in [1.54, 1.807) is 50.4 Å². The van der Waals surface area contributed by atoms with E-state index >= 15 is 0 Å². The zero-order valence-corrected chi connectivity index (χ0v) is 14.3. The van der Waals surface area contributed by atoms with Crippen molar-refractivity contribution >= 4 is 11.7 Å². The summed E-state index contributed by atoms with van der Waals surface area (Å²) in [6.45, 7) is 4.08. The maximum atomic E-state index is 12.8. The number of aliphatic hydroxyl groups excluding tert-OH is 1. The Bertz CT molecular complexity index is 720. The summed E-state index contributed by atoms with van der Waals surface area (Å²) in [5.74, 6) is -0.380. The number of amides is 1. The van der Waals surface area contributed by atoms with Crippen LogP contribution in [0.15, 0.2) is 48.5 Å². The summed E-state index contributed by atoms with van der Waals surface area (Å²) in [6.07, 6.45) is 0.0285. The van der Waals surface area contributed by atoms with Crippen LogP contribution in [0.1, 0.15) is 45.2 Å². The summed E-state index contributed by atoms with van der Waals surface area (Å²) in [4.78, 5) is 27.0. The Morgan fingerprint density at radius 1 is 1.04 bits per heavy atom. The normalized spacial score (nSPS) is 11.8. The maximum Gasteiger partial charge on any atom is 0.254 e. The number of hydrogen-bond acceptors (Lipinski definition) is 3. The highest BCUT2D eigenvalue weighted by Gasteiger charge is 2.20. The van der Waals surface area contributed by atoms with Crippen molar-refractivity contribution in [1.82, 2.24) is 4.90 Å². The van der Waals surface area contributed by atoms with Crippen molar-refractivity contribution in [2.45, 2.75) is 26.4 Å². The van der Waals surface area contributed by atoms with Gasteiger partial charge in [-0.1, -0.05) is 48.0 Å². The number of aryl methyl sites for hydroxylation is 1. The molecule has 0 radical (unpaired) electrons. The number of aliphatic hydroxyl groups is 1. The third-order valence-corrected chi connectivity index (χ3v) is 3.94. The van der Waals surface area contributed by atoms with Crippen molar-refractivity contribution in [3.63, 3.8) is 0 Å². The van der Waals surface area contributed by atoms with Crippen LogP contribution in [0.5, 0.6) is 0 Å². The first-order chi connectivity index (χ1) is 11.4. The van der Waals surface area contributed by atoms with E-state index in [4.69, 9.17) is 0 Å². The van der Waals surface area contributed by atoms with Crippen LogP contribution in [0.25, 0.3) is 0 Å². The van der Waals surface area contributed by atoms with Crippen LogP contribution >= 0.6 is 0 Å². The molecule has 0 aliphatic carbocycles. The van der Waals surface area contributed by atoms with Crippen molar-refractivity contribution < 1.29 is 14.7 Å². The van der Waals surface area contributed by atoms with Gasteiger partial charge in [-0.25, -0.2) is 0 Å². The predicted octanol–water partition coefficient (Wildman–Crippen LogP) is 3.07. The van der Waals surface area contributed by atoms with E-state index in [0.717, 1.165) is 5.56 Å². The highest BCUT2D eigenvalue weighted by Crippen LogP contribution is 2.17. The molecule has 2 rings (SSSR count). The quantitative estimate of drug-likeness (QED) is 0.831. The van der Waals surface area contributed by atoms with E-state index < -0.39 is 6.10 Å². The first-order valence-corrected chi connectivity index (χ1v) is 8.04. The van der Waals surface area contributed by atoms with Gasteiger partial charge in [-0.05, 0) is 26.3 Å². The van der Waals surface area contributed by atoms with E-state index in [1.807, 2.05) is 19.1 Å². The fourth-order valence-electron chi connectivity index (χ4n) is 2.42. The molecule has 24 heavy (non-hydrogen) atoms. The van der Waals surface area contributed by atoms with Crippen LogP contribution in [0.2, 0.25) is 0 Å². The van der Waals surface area contributed by atoms with Crippen LogP contribution in [-0.2, 0) is 0 Å². The van der Waals surface area contributed by atoms with Crippen molar-refractivity contribution in [2.75, 3.05) is 13.6 Å². The molecular formula is C20H23NO3. The van der Waals surface area contributed by atoms with Gasteiger partial charge in [0.2, 0.25) is 0 Å². The summed E-state index contributed by atoms with van der Waals surface area (Å²) < 4.78 is 0. The monoisotopic (exact) mass is 325 g/mol. The van der Waals surface area contributed by atoms with E-state index in [9.17, 15) is 14.7 Å². The number of ketones is 1. The maximum absolute atomic E-state index is 12.8. The Kier molecular flexibility index (Phi) is 5.88. The van der Waals surface area contributed by atoms with Gasteiger partial charge >= 0.3 is 0 Å². The number of carbonyl (C=O) groups excluding carboxylic acids is 2. The molecule has 1 N–H and O–H groups in total. The lowest BCUT2D eigenvalue weighted by Gasteiger charge is -2.19. The first kappa shape index (κ1) is 17.9. The van der Waals surface area contributed by atoms with Gasteiger partial charge in [0.1, 0.15) is 0 Å². The summed E-state index contributed by atoms with van der Waals surface area (Å²) in [5.41, 5.74) is 2.42. The summed E-state index contributed by atoms with van der Waals surface area (Å²) in [6, 6.07) is 14.2. The number of hydrogen-bond donors (Lipinski definition) is 1. The largest absolute Gasteiger partial charge is 0.393 e. The Morgan fingerprint density at radius 3 is 2.21 bits per heavy atom. The molecule has 2 aromatic carbocycles. The minimum atomic E-state index is -0.468. The highest BCUT2D eigenvalue weighted by molar-refractivity contribution is 6.15. The van der Waals surface area contributed by atoms with Crippen molar-refractivity contribution in [2.24, 2.45) is 0 Å². The van der Waals surface area contributed by atoms with Gasteiger partial charge in [0.05, 0.1) is 11.7 Å². The minimum absolute atomic E-state index is 0.164. The summed E-state index contributed by atoms with van der Waals surface area (Å²) in [5, 5.41) is 9.38. The van der Waals surface area contributed by atoms with Gasteiger partial charge < -0.3 is 10.0 Å². The Labute approximate surface area is 142 Å². The van der Waals surface area contributed by atoms with E-state index in [2.05, 4.69) is 0 Å². The van der Waals surface area contributed by atoms with Crippen LogP contribution in [0.3, 0.4) is 0 Å². The third kappa shape index (κ3) is 4.30. The van der Waals surface area contributed by atoms with Crippen molar-refractivity contribution in [1.29, 1.82) is 0 Å². The SMILES string of the molecule is Cc1ccc(C(=O)c2ccccc2C(=O)N(C)CCC(C)O)cc1.